The van der Waals surface area contributed by atoms with Gasteiger partial charge >= 0.3 is 12.1 Å². The van der Waals surface area contributed by atoms with Crippen molar-refractivity contribution in [3.8, 4) is 0 Å². The summed E-state index contributed by atoms with van der Waals surface area (Å²) in [7, 11) is 0. The molecule has 0 aliphatic heterocycles. The van der Waals surface area contributed by atoms with Gasteiger partial charge in [0.1, 0.15) is 18.2 Å². The molecule has 1 rings (SSSR count). The highest BCUT2D eigenvalue weighted by Crippen LogP contribution is 2.10. The molecule has 0 saturated carbocycles. The van der Waals surface area contributed by atoms with Crippen molar-refractivity contribution < 1.29 is 19.1 Å². The lowest BCUT2D eigenvalue weighted by atomic mass is 10.1. The van der Waals surface area contributed by atoms with Crippen LogP contribution in [0.4, 0.5) is 4.79 Å². The maximum atomic E-state index is 12.3. The Morgan fingerprint density at radius 1 is 1.17 bits per heavy atom. The van der Waals surface area contributed by atoms with Gasteiger partial charge in [-0.05, 0) is 52.1 Å². The Balaban J connectivity index is 2.58. The Kier molecular flexibility index (Phi) is 8.26. The van der Waals surface area contributed by atoms with Crippen molar-refractivity contribution in [3.63, 3.8) is 0 Å². The molecule has 134 valence electrons. The molecule has 0 unspecified atom stereocenters. The van der Waals surface area contributed by atoms with Crippen LogP contribution >= 0.6 is 0 Å². The molecule has 0 radical (unpaired) electrons. The summed E-state index contributed by atoms with van der Waals surface area (Å²) in [4.78, 5) is 24.2. The summed E-state index contributed by atoms with van der Waals surface area (Å²) in [5.74, 6) is -0.471. The molecule has 0 heterocycles. The van der Waals surface area contributed by atoms with Crippen LogP contribution < -0.4 is 11.1 Å². The highest BCUT2D eigenvalue weighted by atomic mass is 16.6. The molecular weight excluding hydrogens is 308 g/mol. The fourth-order valence-electron chi connectivity index (χ4n) is 2.02. The number of carbonyl (C=O) groups excluding carboxylic acids is 2. The average molecular weight is 336 g/mol. The van der Waals surface area contributed by atoms with E-state index in [2.05, 4.69) is 5.32 Å². The van der Waals surface area contributed by atoms with E-state index in [4.69, 9.17) is 15.2 Å². The first-order chi connectivity index (χ1) is 11.3. The molecule has 0 aliphatic rings. The van der Waals surface area contributed by atoms with Gasteiger partial charge in [0, 0.05) is 0 Å². The minimum Gasteiger partial charge on any atom is -0.459 e. The van der Waals surface area contributed by atoms with Crippen LogP contribution in [-0.2, 0) is 20.9 Å². The smallest absolute Gasteiger partial charge is 0.408 e. The zero-order chi connectivity index (χ0) is 18.0. The Morgan fingerprint density at radius 2 is 1.83 bits per heavy atom. The molecule has 0 aromatic heterocycles. The molecule has 0 spiro atoms. The number of carbonyl (C=O) groups is 2. The summed E-state index contributed by atoms with van der Waals surface area (Å²) in [6.45, 7) is 6.01. The molecule has 3 N–H and O–H groups in total. The number of nitrogens with two attached hydrogens (primary N) is 1. The normalized spacial score (nSPS) is 12.3. The van der Waals surface area contributed by atoms with E-state index in [1.54, 1.807) is 20.8 Å². The zero-order valence-corrected chi connectivity index (χ0v) is 14.7. The Bertz CT molecular complexity index is 512. The average Bonchev–Trinajstić information content (AvgIpc) is 2.51. The number of rotatable bonds is 8. The molecule has 0 fully saturated rings. The topological polar surface area (TPSA) is 90.6 Å². The molecule has 6 nitrogen and oxygen atoms in total. The van der Waals surface area contributed by atoms with Crippen LogP contribution in [0.25, 0.3) is 0 Å². The van der Waals surface area contributed by atoms with Crippen molar-refractivity contribution in [2.45, 2.75) is 58.3 Å². The number of hydrogen-bond acceptors (Lipinski definition) is 5. The monoisotopic (exact) mass is 336 g/mol. The number of nitrogens with one attached hydrogen (secondary N) is 1. The van der Waals surface area contributed by atoms with Crippen LogP contribution in [0, 0.1) is 0 Å². The van der Waals surface area contributed by atoms with Crippen LogP contribution in [0.3, 0.4) is 0 Å². The van der Waals surface area contributed by atoms with Crippen molar-refractivity contribution in [1.82, 2.24) is 5.32 Å². The van der Waals surface area contributed by atoms with Gasteiger partial charge in [-0.25, -0.2) is 9.59 Å². The first-order valence-electron chi connectivity index (χ1n) is 8.22. The minimum absolute atomic E-state index is 0.170. The third-order valence-corrected chi connectivity index (χ3v) is 3.15. The number of unbranched alkanes of at least 4 members (excludes halogenated alkanes) is 1. The quantitative estimate of drug-likeness (QED) is 0.563. The summed E-state index contributed by atoms with van der Waals surface area (Å²) in [6, 6.07) is 8.65. The molecule has 0 bridgehead atoms. The largest absolute Gasteiger partial charge is 0.459 e. The summed E-state index contributed by atoms with van der Waals surface area (Å²) in [6.07, 6.45) is 1.33. The lowest BCUT2D eigenvalue weighted by Gasteiger charge is -2.23. The zero-order valence-electron chi connectivity index (χ0n) is 14.7. The third kappa shape index (κ3) is 8.53. The molecule has 0 aliphatic carbocycles. The van der Waals surface area contributed by atoms with Gasteiger partial charge in [0.05, 0.1) is 0 Å². The molecule has 1 atom stereocenters. The van der Waals surface area contributed by atoms with Crippen LogP contribution in [0.2, 0.25) is 0 Å². The number of amides is 1. The van der Waals surface area contributed by atoms with Gasteiger partial charge in [0.15, 0.2) is 0 Å². The van der Waals surface area contributed by atoms with Crippen molar-refractivity contribution >= 4 is 12.1 Å². The summed E-state index contributed by atoms with van der Waals surface area (Å²) >= 11 is 0. The molecule has 0 saturated heterocycles. The van der Waals surface area contributed by atoms with Gasteiger partial charge in [-0.15, -0.1) is 0 Å². The number of esters is 1. The second-order valence-corrected chi connectivity index (χ2v) is 6.58. The van der Waals surface area contributed by atoms with E-state index in [0.717, 1.165) is 18.4 Å². The van der Waals surface area contributed by atoms with E-state index in [0.29, 0.717) is 13.0 Å². The van der Waals surface area contributed by atoms with Gasteiger partial charge in [-0.1, -0.05) is 30.3 Å². The molecule has 24 heavy (non-hydrogen) atoms. The van der Waals surface area contributed by atoms with Crippen LogP contribution in [-0.4, -0.2) is 30.3 Å². The van der Waals surface area contributed by atoms with Crippen LogP contribution in [0.5, 0.6) is 0 Å². The van der Waals surface area contributed by atoms with Gasteiger partial charge < -0.3 is 20.5 Å². The molecular formula is C18H28N2O4. The van der Waals surface area contributed by atoms with E-state index >= 15 is 0 Å². The second kappa shape index (κ2) is 9.93. The maximum Gasteiger partial charge on any atom is 0.408 e. The van der Waals surface area contributed by atoms with Crippen molar-refractivity contribution in [1.29, 1.82) is 0 Å². The first kappa shape index (κ1) is 20.0. The molecule has 6 heteroatoms. The van der Waals surface area contributed by atoms with Crippen molar-refractivity contribution in [3.05, 3.63) is 35.9 Å². The van der Waals surface area contributed by atoms with Crippen LogP contribution in [0.1, 0.15) is 45.6 Å². The number of ether oxygens (including phenoxy) is 2. The second-order valence-electron chi connectivity index (χ2n) is 6.58. The lowest BCUT2D eigenvalue weighted by molar-refractivity contribution is -0.147. The number of benzene rings is 1. The lowest BCUT2D eigenvalue weighted by Crippen LogP contribution is -2.44. The standard InChI is InChI=1S/C18H28N2O4/c1-18(2,3)24-17(22)20-15(11-7-8-12-19)16(21)23-13-14-9-5-4-6-10-14/h4-6,9-10,15H,7-8,11-13,19H2,1-3H3,(H,20,22)/t15-/m0/s1. The van der Waals surface area contributed by atoms with Crippen molar-refractivity contribution in [2.24, 2.45) is 5.73 Å². The Hall–Kier alpha value is -2.08. The number of alkyl carbamates (subject to hydrolysis) is 1. The van der Waals surface area contributed by atoms with Gasteiger partial charge in [-0.3, -0.25) is 0 Å². The Labute approximate surface area is 143 Å². The van der Waals surface area contributed by atoms with E-state index < -0.39 is 23.7 Å². The molecule has 1 aromatic rings. The maximum absolute atomic E-state index is 12.3. The SMILES string of the molecule is CC(C)(C)OC(=O)N[C@@H](CCCCN)C(=O)OCc1ccccc1. The van der Waals surface area contributed by atoms with Gasteiger partial charge in [0.2, 0.25) is 0 Å². The van der Waals surface area contributed by atoms with E-state index in [1.807, 2.05) is 30.3 Å². The fourth-order valence-corrected chi connectivity index (χ4v) is 2.02. The summed E-state index contributed by atoms with van der Waals surface area (Å²) in [5.41, 5.74) is 5.75. The van der Waals surface area contributed by atoms with E-state index in [9.17, 15) is 9.59 Å². The Morgan fingerprint density at radius 3 is 2.42 bits per heavy atom. The predicted octanol–water partition coefficient (Wildman–Crippen LogP) is 2.75. The van der Waals surface area contributed by atoms with E-state index in [-0.39, 0.29) is 6.61 Å². The first-order valence-corrected chi connectivity index (χ1v) is 8.22. The number of hydrogen-bond donors (Lipinski definition) is 2. The predicted molar refractivity (Wildman–Crippen MR) is 92.3 cm³/mol. The minimum atomic E-state index is -0.741. The highest BCUT2D eigenvalue weighted by molar-refractivity contribution is 5.81. The summed E-state index contributed by atoms with van der Waals surface area (Å²) < 4.78 is 10.5. The van der Waals surface area contributed by atoms with Crippen molar-refractivity contribution in [2.75, 3.05) is 6.54 Å². The van der Waals surface area contributed by atoms with E-state index in [1.165, 1.54) is 0 Å². The molecule has 1 amide bonds. The van der Waals surface area contributed by atoms with Crippen LogP contribution in [0.15, 0.2) is 30.3 Å². The van der Waals surface area contributed by atoms with Gasteiger partial charge in [-0.2, -0.15) is 0 Å². The highest BCUT2D eigenvalue weighted by Gasteiger charge is 2.25. The fraction of sp³-hybridized carbons (Fsp3) is 0.556. The molecule has 1 aromatic carbocycles. The third-order valence-electron chi connectivity index (χ3n) is 3.15. The summed E-state index contributed by atoms with van der Waals surface area (Å²) in [5, 5.41) is 2.59. The van der Waals surface area contributed by atoms with Gasteiger partial charge in [0.25, 0.3) is 0 Å².